The molecule has 0 spiro atoms. The summed E-state index contributed by atoms with van der Waals surface area (Å²) in [4.78, 5) is 0. The van der Waals surface area contributed by atoms with Crippen molar-refractivity contribution in [2.24, 2.45) is 5.73 Å². The lowest BCUT2D eigenvalue weighted by Gasteiger charge is -2.09. The van der Waals surface area contributed by atoms with E-state index in [2.05, 4.69) is 0 Å². The second-order valence-electron chi connectivity index (χ2n) is 3.04. The minimum Gasteiger partial charge on any atom is -0.328 e. The van der Waals surface area contributed by atoms with Gasteiger partial charge >= 0.3 is 0 Å². The zero-order valence-electron chi connectivity index (χ0n) is 7.15. The molecule has 13 heavy (non-hydrogen) atoms. The maximum Gasteiger partial charge on any atom is 0.0625 e. The highest BCUT2D eigenvalue weighted by molar-refractivity contribution is 6.43. The molecule has 1 unspecified atom stereocenters. The van der Waals surface area contributed by atoms with Crippen LogP contribution in [-0.2, 0) is 6.42 Å². The Morgan fingerprint density at radius 3 is 2.46 bits per heavy atom. The lowest BCUT2D eigenvalue weighted by molar-refractivity contribution is 0.738. The molecule has 0 saturated heterocycles. The molecule has 0 aliphatic rings. The Kier molecular flexibility index (Phi) is 3.87. The molecule has 1 aromatic carbocycles. The Hall–Kier alpha value is 0.0500. The van der Waals surface area contributed by atoms with Gasteiger partial charge in [-0.05, 0) is 31.0 Å². The third-order valence-corrected chi connectivity index (χ3v) is 2.67. The van der Waals surface area contributed by atoms with E-state index in [1.807, 2.05) is 6.92 Å². The van der Waals surface area contributed by atoms with Gasteiger partial charge in [-0.2, -0.15) is 0 Å². The normalized spacial score (nSPS) is 13.0. The predicted octanol–water partition coefficient (Wildman–Crippen LogP) is 3.54. The number of rotatable bonds is 2. The average Bonchev–Trinajstić information content (AvgIpc) is 1.98. The lowest BCUT2D eigenvalue weighted by atomic mass is 10.1. The fourth-order valence-corrected chi connectivity index (χ4v) is 1.83. The lowest BCUT2D eigenvalue weighted by Crippen LogP contribution is -2.18. The van der Waals surface area contributed by atoms with E-state index in [1.54, 1.807) is 12.1 Å². The fourth-order valence-electron chi connectivity index (χ4n) is 1.10. The Morgan fingerprint density at radius 2 is 1.92 bits per heavy atom. The zero-order valence-corrected chi connectivity index (χ0v) is 9.42. The minimum absolute atomic E-state index is 0.0482. The molecule has 0 fully saturated rings. The maximum atomic E-state index is 5.96. The van der Waals surface area contributed by atoms with Gasteiger partial charge in [-0.3, -0.25) is 0 Å². The standard InChI is InChI=1S/C9H10Cl3N/c1-5(13)2-6-3-7(10)4-8(11)9(6)12/h3-5H,2,13H2,1H3. The van der Waals surface area contributed by atoms with Crippen LogP contribution in [0.4, 0.5) is 0 Å². The van der Waals surface area contributed by atoms with Crippen LogP contribution in [0.5, 0.6) is 0 Å². The first kappa shape index (κ1) is 11.1. The van der Waals surface area contributed by atoms with Gasteiger partial charge in [-0.25, -0.2) is 0 Å². The van der Waals surface area contributed by atoms with Crippen molar-refractivity contribution >= 4 is 34.8 Å². The van der Waals surface area contributed by atoms with E-state index < -0.39 is 0 Å². The molecule has 0 aliphatic carbocycles. The molecule has 0 aromatic heterocycles. The average molecular weight is 239 g/mol. The fraction of sp³-hybridized carbons (Fsp3) is 0.333. The highest BCUT2D eigenvalue weighted by Crippen LogP contribution is 2.30. The summed E-state index contributed by atoms with van der Waals surface area (Å²) in [6.45, 7) is 1.91. The Balaban J connectivity index is 3.05. The van der Waals surface area contributed by atoms with E-state index >= 15 is 0 Å². The summed E-state index contributed by atoms with van der Waals surface area (Å²) in [5.74, 6) is 0. The molecular formula is C9H10Cl3N. The van der Waals surface area contributed by atoms with Gasteiger partial charge in [-0.1, -0.05) is 34.8 Å². The summed E-state index contributed by atoms with van der Waals surface area (Å²) in [5, 5.41) is 1.61. The van der Waals surface area contributed by atoms with E-state index in [0.717, 1.165) is 5.56 Å². The highest BCUT2D eigenvalue weighted by atomic mass is 35.5. The Labute approximate surface area is 92.8 Å². The van der Waals surface area contributed by atoms with E-state index in [1.165, 1.54) is 0 Å². The molecule has 1 nitrogen and oxygen atoms in total. The van der Waals surface area contributed by atoms with Crippen LogP contribution in [0, 0.1) is 0 Å². The second-order valence-corrected chi connectivity index (χ2v) is 4.26. The molecule has 1 atom stereocenters. The van der Waals surface area contributed by atoms with Gasteiger partial charge in [-0.15, -0.1) is 0 Å². The van der Waals surface area contributed by atoms with Crippen LogP contribution in [0.25, 0.3) is 0 Å². The number of hydrogen-bond acceptors (Lipinski definition) is 1. The smallest absolute Gasteiger partial charge is 0.0625 e. The van der Waals surface area contributed by atoms with Crippen LogP contribution >= 0.6 is 34.8 Å². The van der Waals surface area contributed by atoms with Gasteiger partial charge in [0.25, 0.3) is 0 Å². The molecule has 0 amide bonds. The SMILES string of the molecule is CC(N)Cc1cc(Cl)cc(Cl)c1Cl. The third kappa shape index (κ3) is 3.03. The molecular weight excluding hydrogens is 228 g/mol. The number of halogens is 3. The molecule has 0 bridgehead atoms. The molecule has 0 heterocycles. The monoisotopic (exact) mass is 237 g/mol. The van der Waals surface area contributed by atoms with Crippen molar-refractivity contribution in [2.45, 2.75) is 19.4 Å². The van der Waals surface area contributed by atoms with Crippen LogP contribution in [0.15, 0.2) is 12.1 Å². The molecule has 4 heteroatoms. The van der Waals surface area contributed by atoms with Gasteiger partial charge in [0.2, 0.25) is 0 Å². The van der Waals surface area contributed by atoms with Crippen LogP contribution in [0.3, 0.4) is 0 Å². The zero-order chi connectivity index (χ0) is 10.0. The maximum absolute atomic E-state index is 5.96. The first-order valence-electron chi connectivity index (χ1n) is 3.89. The summed E-state index contributed by atoms with van der Waals surface area (Å²) >= 11 is 17.6. The number of hydrogen-bond donors (Lipinski definition) is 1. The Bertz CT molecular complexity index is 310. The second kappa shape index (κ2) is 4.52. The van der Waals surface area contributed by atoms with Crippen LogP contribution < -0.4 is 5.73 Å². The van der Waals surface area contributed by atoms with Crippen molar-refractivity contribution in [1.82, 2.24) is 0 Å². The molecule has 1 aromatic rings. The van der Waals surface area contributed by atoms with Crippen molar-refractivity contribution in [3.05, 3.63) is 32.8 Å². The molecule has 72 valence electrons. The van der Waals surface area contributed by atoms with Gasteiger partial charge in [0.15, 0.2) is 0 Å². The summed E-state index contributed by atoms with van der Waals surface area (Å²) < 4.78 is 0. The van der Waals surface area contributed by atoms with Crippen molar-refractivity contribution in [2.75, 3.05) is 0 Å². The van der Waals surface area contributed by atoms with Crippen LogP contribution in [-0.4, -0.2) is 6.04 Å². The predicted molar refractivity (Wildman–Crippen MR) is 58.8 cm³/mol. The van der Waals surface area contributed by atoms with Gasteiger partial charge < -0.3 is 5.73 Å². The Morgan fingerprint density at radius 1 is 1.31 bits per heavy atom. The highest BCUT2D eigenvalue weighted by Gasteiger charge is 2.08. The van der Waals surface area contributed by atoms with Crippen molar-refractivity contribution in [3.8, 4) is 0 Å². The van der Waals surface area contributed by atoms with Crippen LogP contribution in [0.1, 0.15) is 12.5 Å². The largest absolute Gasteiger partial charge is 0.328 e. The summed E-state index contributed by atoms with van der Waals surface area (Å²) in [6.07, 6.45) is 0.680. The molecule has 0 aliphatic heterocycles. The first-order chi connectivity index (χ1) is 6.00. The van der Waals surface area contributed by atoms with Crippen molar-refractivity contribution < 1.29 is 0 Å². The minimum atomic E-state index is 0.0482. The summed E-state index contributed by atoms with van der Waals surface area (Å²) in [6, 6.07) is 3.46. The van der Waals surface area contributed by atoms with E-state index in [-0.39, 0.29) is 6.04 Å². The molecule has 2 N–H and O–H groups in total. The number of nitrogens with two attached hydrogens (primary N) is 1. The van der Waals surface area contributed by atoms with Crippen molar-refractivity contribution in [1.29, 1.82) is 0 Å². The first-order valence-corrected chi connectivity index (χ1v) is 5.03. The molecule has 0 saturated carbocycles. The van der Waals surface area contributed by atoms with Gasteiger partial charge in [0.1, 0.15) is 0 Å². The summed E-state index contributed by atoms with van der Waals surface area (Å²) in [7, 11) is 0. The van der Waals surface area contributed by atoms with E-state index in [0.29, 0.717) is 21.5 Å². The van der Waals surface area contributed by atoms with Crippen LogP contribution in [0.2, 0.25) is 15.1 Å². The quantitative estimate of drug-likeness (QED) is 0.784. The topological polar surface area (TPSA) is 26.0 Å². The van der Waals surface area contributed by atoms with E-state index in [4.69, 9.17) is 40.5 Å². The molecule has 1 rings (SSSR count). The van der Waals surface area contributed by atoms with Crippen molar-refractivity contribution in [3.63, 3.8) is 0 Å². The molecule has 0 radical (unpaired) electrons. The van der Waals surface area contributed by atoms with E-state index in [9.17, 15) is 0 Å². The third-order valence-electron chi connectivity index (χ3n) is 1.61. The number of benzene rings is 1. The van der Waals surface area contributed by atoms with Gasteiger partial charge in [0.05, 0.1) is 10.0 Å². The summed E-state index contributed by atoms with van der Waals surface area (Å²) in [5.41, 5.74) is 6.55. The van der Waals surface area contributed by atoms with Gasteiger partial charge in [0, 0.05) is 11.1 Å².